The van der Waals surface area contributed by atoms with Gasteiger partial charge in [-0.3, -0.25) is 4.79 Å². The lowest BCUT2D eigenvalue weighted by Gasteiger charge is -2.39. The molecule has 2 aromatic carbocycles. The number of fused-ring (bicyclic) bond motifs is 1. The third-order valence-corrected chi connectivity index (χ3v) is 6.51. The summed E-state index contributed by atoms with van der Waals surface area (Å²) in [6, 6.07) is 13.8. The van der Waals surface area contributed by atoms with Crippen LogP contribution >= 0.6 is 0 Å². The maximum atomic E-state index is 13.4. The molecule has 2 heterocycles. The Bertz CT molecular complexity index is 837. The van der Waals surface area contributed by atoms with E-state index in [0.717, 1.165) is 43.4 Å². The summed E-state index contributed by atoms with van der Waals surface area (Å²) >= 11 is 0. The van der Waals surface area contributed by atoms with Gasteiger partial charge in [0.2, 0.25) is 5.91 Å². The smallest absolute Gasteiger partial charge is 0.222 e. The zero-order valence-corrected chi connectivity index (χ0v) is 16.9. The van der Waals surface area contributed by atoms with Crippen LogP contribution in [0.5, 0.6) is 0 Å². The zero-order chi connectivity index (χ0) is 20.4. The molecule has 154 valence electrons. The second-order valence-corrected chi connectivity index (χ2v) is 8.36. The topological polar surface area (TPSA) is 23.6 Å². The normalized spacial score (nSPS) is 24.5. The van der Waals surface area contributed by atoms with E-state index in [1.807, 2.05) is 12.1 Å². The average molecular weight is 398 g/mol. The highest BCUT2D eigenvalue weighted by Gasteiger charge is 2.47. The van der Waals surface area contributed by atoms with Crippen LogP contribution in [-0.2, 0) is 11.2 Å². The fraction of sp³-hybridized carbons (Fsp3) is 0.458. The molecule has 4 rings (SSSR count). The minimum atomic E-state index is -0.235. The highest BCUT2D eigenvalue weighted by atomic mass is 19.1. The van der Waals surface area contributed by atoms with E-state index in [2.05, 4.69) is 16.8 Å². The minimum absolute atomic E-state index is 0.196. The van der Waals surface area contributed by atoms with Crippen LogP contribution in [0.15, 0.2) is 48.5 Å². The van der Waals surface area contributed by atoms with Gasteiger partial charge >= 0.3 is 0 Å². The van der Waals surface area contributed by atoms with Crippen LogP contribution in [0, 0.1) is 11.6 Å². The molecular weight excluding hydrogens is 370 g/mol. The van der Waals surface area contributed by atoms with Gasteiger partial charge in [0, 0.05) is 31.0 Å². The van der Waals surface area contributed by atoms with Gasteiger partial charge in [-0.25, -0.2) is 8.78 Å². The third-order valence-electron chi connectivity index (χ3n) is 6.51. The summed E-state index contributed by atoms with van der Waals surface area (Å²) in [5.41, 5.74) is 2.16. The second-order valence-electron chi connectivity index (χ2n) is 8.36. The number of hydrogen-bond donors (Lipinski definition) is 0. The molecule has 0 N–H and O–H groups in total. The van der Waals surface area contributed by atoms with Crippen LogP contribution in [0.1, 0.15) is 42.7 Å². The van der Waals surface area contributed by atoms with E-state index < -0.39 is 0 Å². The fourth-order valence-corrected chi connectivity index (χ4v) is 5.07. The highest BCUT2D eigenvalue weighted by molar-refractivity contribution is 5.77. The van der Waals surface area contributed by atoms with Gasteiger partial charge in [-0.1, -0.05) is 24.3 Å². The van der Waals surface area contributed by atoms with Crippen LogP contribution in [0.4, 0.5) is 8.78 Å². The first-order valence-electron chi connectivity index (χ1n) is 10.5. The SMILES string of the molecule is CN1CCC[C@@H]2[C@H]1[C@@H](c1ccc(F)cc1)CN2C(=O)CCCc1ccc(F)cc1. The number of likely N-dealkylation sites (tertiary alicyclic amines) is 2. The van der Waals surface area contributed by atoms with Crippen LogP contribution in [0.2, 0.25) is 0 Å². The number of carbonyl (C=O) groups excluding carboxylic acids is 1. The van der Waals surface area contributed by atoms with Crippen molar-refractivity contribution in [1.82, 2.24) is 9.80 Å². The summed E-state index contributed by atoms with van der Waals surface area (Å²) in [6.07, 6.45) is 4.15. The molecule has 0 radical (unpaired) electrons. The fourth-order valence-electron chi connectivity index (χ4n) is 5.07. The number of nitrogens with zero attached hydrogens (tertiary/aromatic N) is 2. The van der Waals surface area contributed by atoms with Crippen molar-refractivity contribution in [3.8, 4) is 0 Å². The van der Waals surface area contributed by atoms with Crippen LogP contribution in [0.25, 0.3) is 0 Å². The van der Waals surface area contributed by atoms with Crippen molar-refractivity contribution in [1.29, 1.82) is 0 Å². The van der Waals surface area contributed by atoms with Gasteiger partial charge in [-0.2, -0.15) is 0 Å². The van der Waals surface area contributed by atoms with E-state index in [0.29, 0.717) is 13.0 Å². The molecule has 0 unspecified atom stereocenters. The molecule has 0 aromatic heterocycles. The molecule has 2 aliphatic rings. The summed E-state index contributed by atoms with van der Waals surface area (Å²) in [5.74, 6) is -0.0517. The van der Waals surface area contributed by atoms with E-state index in [1.54, 1.807) is 12.1 Å². The van der Waals surface area contributed by atoms with Crippen molar-refractivity contribution >= 4 is 5.91 Å². The monoisotopic (exact) mass is 398 g/mol. The van der Waals surface area contributed by atoms with E-state index in [4.69, 9.17) is 0 Å². The first kappa shape index (κ1) is 20.0. The second kappa shape index (κ2) is 8.62. The Labute approximate surface area is 171 Å². The molecule has 0 spiro atoms. The zero-order valence-electron chi connectivity index (χ0n) is 16.9. The summed E-state index contributed by atoms with van der Waals surface area (Å²) in [6.45, 7) is 1.73. The molecule has 3 atom stereocenters. The molecular formula is C24H28F2N2O. The maximum Gasteiger partial charge on any atom is 0.222 e. The molecule has 0 saturated carbocycles. The molecule has 29 heavy (non-hydrogen) atoms. The van der Waals surface area contributed by atoms with Crippen molar-refractivity contribution in [2.45, 2.75) is 50.1 Å². The molecule has 5 heteroatoms. The molecule has 3 nitrogen and oxygen atoms in total. The van der Waals surface area contributed by atoms with Gasteiger partial charge in [-0.05, 0) is 74.7 Å². The number of likely N-dealkylation sites (N-methyl/N-ethyl adjacent to an activating group) is 1. The predicted molar refractivity (Wildman–Crippen MR) is 110 cm³/mol. The van der Waals surface area contributed by atoms with Crippen LogP contribution in [-0.4, -0.2) is 47.9 Å². The molecule has 0 aliphatic carbocycles. The van der Waals surface area contributed by atoms with Crippen molar-refractivity contribution in [2.24, 2.45) is 0 Å². The molecule has 2 aromatic rings. The van der Waals surface area contributed by atoms with Gasteiger partial charge in [0.1, 0.15) is 11.6 Å². The summed E-state index contributed by atoms with van der Waals surface area (Å²) in [5, 5.41) is 0. The molecule has 2 fully saturated rings. The van der Waals surface area contributed by atoms with E-state index in [9.17, 15) is 13.6 Å². The molecule has 1 amide bonds. The van der Waals surface area contributed by atoms with Crippen LogP contribution < -0.4 is 0 Å². The standard InChI is InChI=1S/C24H28F2N2O/c1-27-15-3-5-22-24(27)21(18-9-13-20(26)14-10-18)16-28(22)23(29)6-2-4-17-7-11-19(25)12-8-17/h7-14,21-22,24H,2-6,15-16H2,1H3/t21-,22-,24-/m1/s1. The largest absolute Gasteiger partial charge is 0.337 e. The maximum absolute atomic E-state index is 13.4. The average Bonchev–Trinajstić information content (AvgIpc) is 3.11. The number of amides is 1. The van der Waals surface area contributed by atoms with Crippen molar-refractivity contribution in [3.63, 3.8) is 0 Å². The predicted octanol–water partition coefficient (Wildman–Crippen LogP) is 4.38. The van der Waals surface area contributed by atoms with Gasteiger partial charge in [-0.15, -0.1) is 0 Å². The van der Waals surface area contributed by atoms with Gasteiger partial charge in [0.25, 0.3) is 0 Å². The lowest BCUT2D eigenvalue weighted by molar-refractivity contribution is -0.133. The quantitative estimate of drug-likeness (QED) is 0.746. The van der Waals surface area contributed by atoms with Crippen molar-refractivity contribution in [3.05, 3.63) is 71.3 Å². The molecule has 2 aliphatic heterocycles. The Balaban J connectivity index is 1.44. The number of hydrogen-bond acceptors (Lipinski definition) is 2. The number of aryl methyl sites for hydroxylation is 1. The van der Waals surface area contributed by atoms with Gasteiger partial charge in [0.15, 0.2) is 0 Å². The highest BCUT2D eigenvalue weighted by Crippen LogP contribution is 2.39. The van der Waals surface area contributed by atoms with E-state index >= 15 is 0 Å². The Kier molecular flexibility index (Phi) is 5.95. The Hall–Kier alpha value is -2.27. The number of piperidine rings is 1. The Morgan fingerprint density at radius 2 is 1.69 bits per heavy atom. The summed E-state index contributed by atoms with van der Waals surface area (Å²) in [7, 11) is 2.13. The lowest BCUT2D eigenvalue weighted by atomic mass is 9.86. The summed E-state index contributed by atoms with van der Waals surface area (Å²) < 4.78 is 26.4. The van der Waals surface area contributed by atoms with Gasteiger partial charge < -0.3 is 9.80 Å². The van der Waals surface area contributed by atoms with E-state index in [-0.39, 0.29) is 35.5 Å². The number of halogens is 2. The minimum Gasteiger partial charge on any atom is -0.337 e. The number of carbonyl (C=O) groups is 1. The lowest BCUT2D eigenvalue weighted by Crippen LogP contribution is -2.50. The Morgan fingerprint density at radius 3 is 2.38 bits per heavy atom. The molecule has 0 bridgehead atoms. The molecule has 2 saturated heterocycles. The number of rotatable bonds is 5. The third kappa shape index (κ3) is 4.35. The Morgan fingerprint density at radius 1 is 1.03 bits per heavy atom. The first-order valence-corrected chi connectivity index (χ1v) is 10.5. The van der Waals surface area contributed by atoms with Gasteiger partial charge in [0.05, 0.1) is 0 Å². The van der Waals surface area contributed by atoms with Crippen molar-refractivity contribution < 1.29 is 13.6 Å². The summed E-state index contributed by atoms with van der Waals surface area (Å²) in [4.78, 5) is 17.5. The van der Waals surface area contributed by atoms with E-state index in [1.165, 1.54) is 24.3 Å². The first-order chi connectivity index (χ1) is 14.0. The van der Waals surface area contributed by atoms with Crippen LogP contribution in [0.3, 0.4) is 0 Å². The van der Waals surface area contributed by atoms with Crippen molar-refractivity contribution in [2.75, 3.05) is 20.1 Å². The number of benzene rings is 2.